The summed E-state index contributed by atoms with van der Waals surface area (Å²) in [7, 11) is 3.97. The van der Waals surface area contributed by atoms with E-state index in [9.17, 15) is 0 Å². The van der Waals surface area contributed by atoms with E-state index in [-0.39, 0.29) is 5.60 Å². The SMILES string of the molecule is COC(C)(C)CCN(C)CCNC1CC1. The van der Waals surface area contributed by atoms with Crippen molar-refractivity contribution in [3.8, 4) is 0 Å². The molecule has 0 aliphatic heterocycles. The number of methoxy groups -OCH3 is 1. The van der Waals surface area contributed by atoms with Gasteiger partial charge in [0.1, 0.15) is 0 Å². The van der Waals surface area contributed by atoms with Crippen molar-refractivity contribution in [1.29, 1.82) is 0 Å². The van der Waals surface area contributed by atoms with Gasteiger partial charge in [0.15, 0.2) is 0 Å². The fraction of sp³-hybridized carbons (Fsp3) is 1.00. The van der Waals surface area contributed by atoms with Crippen molar-refractivity contribution >= 4 is 0 Å². The summed E-state index contributed by atoms with van der Waals surface area (Å²) in [5.41, 5.74) is 0.0121. The fourth-order valence-corrected chi connectivity index (χ4v) is 1.42. The van der Waals surface area contributed by atoms with E-state index in [1.807, 2.05) is 0 Å². The Labute approximate surface area is 94.2 Å². The fourth-order valence-electron chi connectivity index (χ4n) is 1.42. The summed E-state index contributed by atoms with van der Waals surface area (Å²) < 4.78 is 5.40. The second kappa shape index (κ2) is 5.83. The molecule has 15 heavy (non-hydrogen) atoms. The average molecular weight is 214 g/mol. The number of nitrogens with one attached hydrogen (secondary N) is 1. The maximum Gasteiger partial charge on any atom is 0.0634 e. The summed E-state index contributed by atoms with van der Waals surface area (Å²) in [5.74, 6) is 0. The lowest BCUT2D eigenvalue weighted by Crippen LogP contribution is -2.34. The number of hydrogen-bond donors (Lipinski definition) is 1. The zero-order valence-corrected chi connectivity index (χ0v) is 10.7. The van der Waals surface area contributed by atoms with E-state index in [2.05, 4.69) is 31.1 Å². The van der Waals surface area contributed by atoms with Crippen LogP contribution in [-0.4, -0.2) is 50.3 Å². The molecule has 1 N–H and O–H groups in total. The van der Waals surface area contributed by atoms with Gasteiger partial charge in [0.2, 0.25) is 0 Å². The van der Waals surface area contributed by atoms with Gasteiger partial charge in [-0.05, 0) is 40.2 Å². The van der Waals surface area contributed by atoms with Crippen molar-refractivity contribution < 1.29 is 4.74 Å². The molecule has 0 heterocycles. The van der Waals surface area contributed by atoms with Crippen molar-refractivity contribution in [2.24, 2.45) is 0 Å². The molecule has 1 fully saturated rings. The van der Waals surface area contributed by atoms with E-state index >= 15 is 0 Å². The summed E-state index contributed by atoms with van der Waals surface area (Å²) >= 11 is 0. The van der Waals surface area contributed by atoms with E-state index in [0.717, 1.165) is 32.1 Å². The molecule has 1 aliphatic carbocycles. The molecular formula is C12H26N2O. The molecule has 0 saturated heterocycles. The van der Waals surface area contributed by atoms with Crippen molar-refractivity contribution in [1.82, 2.24) is 10.2 Å². The summed E-state index contributed by atoms with van der Waals surface area (Å²) in [6, 6.07) is 0.828. The molecule has 3 nitrogen and oxygen atoms in total. The molecule has 0 spiro atoms. The second-order valence-corrected chi connectivity index (χ2v) is 5.25. The van der Waals surface area contributed by atoms with Gasteiger partial charge in [-0.25, -0.2) is 0 Å². The van der Waals surface area contributed by atoms with Gasteiger partial charge in [0.25, 0.3) is 0 Å². The molecule has 0 unspecified atom stereocenters. The molecule has 0 atom stereocenters. The van der Waals surface area contributed by atoms with Crippen LogP contribution in [0.5, 0.6) is 0 Å². The zero-order valence-electron chi connectivity index (χ0n) is 10.7. The van der Waals surface area contributed by atoms with E-state index < -0.39 is 0 Å². The predicted octanol–water partition coefficient (Wildman–Crippen LogP) is 1.49. The monoisotopic (exact) mass is 214 g/mol. The first-order valence-electron chi connectivity index (χ1n) is 6.00. The third-order valence-electron chi connectivity index (χ3n) is 3.15. The lowest BCUT2D eigenvalue weighted by molar-refractivity contribution is 0.00921. The van der Waals surface area contributed by atoms with Crippen molar-refractivity contribution in [3.05, 3.63) is 0 Å². The lowest BCUT2D eigenvalue weighted by Gasteiger charge is -2.26. The van der Waals surface area contributed by atoms with Gasteiger partial charge in [0, 0.05) is 32.8 Å². The summed E-state index contributed by atoms with van der Waals surface area (Å²) in [6.07, 6.45) is 3.84. The molecular weight excluding hydrogens is 188 g/mol. The van der Waals surface area contributed by atoms with Crippen LogP contribution in [-0.2, 0) is 4.74 Å². The van der Waals surface area contributed by atoms with Crippen LogP contribution >= 0.6 is 0 Å². The first-order chi connectivity index (χ1) is 7.03. The Bertz CT molecular complexity index is 178. The Morgan fingerprint density at radius 2 is 2.00 bits per heavy atom. The minimum Gasteiger partial charge on any atom is -0.379 e. The van der Waals surface area contributed by atoms with Gasteiger partial charge in [-0.1, -0.05) is 0 Å². The Balaban J connectivity index is 1.99. The van der Waals surface area contributed by atoms with E-state index in [1.165, 1.54) is 12.8 Å². The first kappa shape index (κ1) is 12.9. The molecule has 0 bridgehead atoms. The van der Waals surface area contributed by atoms with Crippen LogP contribution in [0.25, 0.3) is 0 Å². The van der Waals surface area contributed by atoms with Crippen LogP contribution in [0.3, 0.4) is 0 Å². The number of nitrogens with zero attached hydrogens (tertiary/aromatic N) is 1. The highest BCUT2D eigenvalue weighted by Crippen LogP contribution is 2.18. The van der Waals surface area contributed by atoms with Crippen LogP contribution in [0, 0.1) is 0 Å². The number of hydrogen-bond acceptors (Lipinski definition) is 3. The minimum absolute atomic E-state index is 0.0121. The van der Waals surface area contributed by atoms with Gasteiger partial charge in [-0.2, -0.15) is 0 Å². The highest BCUT2D eigenvalue weighted by molar-refractivity contribution is 4.81. The van der Waals surface area contributed by atoms with Gasteiger partial charge in [-0.15, -0.1) is 0 Å². The molecule has 0 amide bonds. The number of ether oxygens (including phenoxy) is 1. The predicted molar refractivity (Wildman–Crippen MR) is 64.2 cm³/mol. The van der Waals surface area contributed by atoms with E-state index in [1.54, 1.807) is 7.11 Å². The van der Waals surface area contributed by atoms with Gasteiger partial charge < -0.3 is 15.0 Å². The molecule has 90 valence electrons. The van der Waals surface area contributed by atoms with Crippen molar-refractivity contribution in [2.45, 2.75) is 44.8 Å². The van der Waals surface area contributed by atoms with Gasteiger partial charge in [-0.3, -0.25) is 0 Å². The molecule has 0 aromatic rings. The van der Waals surface area contributed by atoms with Crippen LogP contribution in [0.2, 0.25) is 0 Å². The average Bonchev–Trinajstić information content (AvgIpc) is 2.99. The minimum atomic E-state index is 0.0121. The standard InChI is InChI=1S/C12H26N2O/c1-12(2,15-4)7-9-14(3)10-8-13-11-5-6-11/h11,13H,5-10H2,1-4H3. The Morgan fingerprint density at radius 3 is 2.53 bits per heavy atom. The van der Waals surface area contributed by atoms with E-state index in [0.29, 0.717) is 0 Å². The Morgan fingerprint density at radius 1 is 1.33 bits per heavy atom. The smallest absolute Gasteiger partial charge is 0.0634 e. The topological polar surface area (TPSA) is 24.5 Å². The van der Waals surface area contributed by atoms with Crippen LogP contribution in [0.1, 0.15) is 33.1 Å². The maximum absolute atomic E-state index is 5.40. The highest BCUT2D eigenvalue weighted by atomic mass is 16.5. The largest absolute Gasteiger partial charge is 0.379 e. The molecule has 1 saturated carbocycles. The number of likely N-dealkylation sites (N-methyl/N-ethyl adjacent to an activating group) is 1. The Hall–Kier alpha value is -0.120. The Kier molecular flexibility index (Phi) is 5.03. The molecule has 3 heteroatoms. The van der Waals surface area contributed by atoms with Crippen molar-refractivity contribution in [2.75, 3.05) is 33.8 Å². The van der Waals surface area contributed by atoms with Crippen LogP contribution in [0.15, 0.2) is 0 Å². The lowest BCUT2D eigenvalue weighted by atomic mass is 10.1. The van der Waals surface area contributed by atoms with E-state index in [4.69, 9.17) is 4.74 Å². The normalized spacial score (nSPS) is 17.4. The third kappa shape index (κ3) is 6.13. The maximum atomic E-state index is 5.40. The summed E-state index contributed by atoms with van der Waals surface area (Å²) in [5, 5.41) is 3.53. The van der Waals surface area contributed by atoms with Gasteiger partial charge in [0.05, 0.1) is 5.60 Å². The summed E-state index contributed by atoms with van der Waals surface area (Å²) in [4.78, 5) is 2.37. The molecule has 0 radical (unpaired) electrons. The molecule has 1 rings (SSSR count). The highest BCUT2D eigenvalue weighted by Gasteiger charge is 2.20. The third-order valence-corrected chi connectivity index (χ3v) is 3.15. The van der Waals surface area contributed by atoms with Crippen LogP contribution < -0.4 is 5.32 Å². The zero-order chi connectivity index (χ0) is 11.3. The summed E-state index contributed by atoms with van der Waals surface area (Å²) in [6.45, 7) is 7.64. The van der Waals surface area contributed by atoms with Gasteiger partial charge >= 0.3 is 0 Å². The first-order valence-corrected chi connectivity index (χ1v) is 6.00. The molecule has 1 aliphatic rings. The van der Waals surface area contributed by atoms with Crippen LogP contribution in [0.4, 0.5) is 0 Å². The molecule has 0 aromatic heterocycles. The number of rotatable bonds is 8. The van der Waals surface area contributed by atoms with Crippen molar-refractivity contribution in [3.63, 3.8) is 0 Å². The second-order valence-electron chi connectivity index (χ2n) is 5.25. The quantitative estimate of drug-likeness (QED) is 0.662. The molecule has 0 aromatic carbocycles.